The second-order valence-electron chi connectivity index (χ2n) is 4.92. The highest BCUT2D eigenvalue weighted by Crippen LogP contribution is 2.30. The van der Waals surface area contributed by atoms with Crippen molar-refractivity contribution in [3.05, 3.63) is 10.6 Å². The van der Waals surface area contributed by atoms with Gasteiger partial charge < -0.3 is 10.4 Å². The molecule has 2 amide bonds. The molecule has 1 aromatic heterocycles. The number of amides is 2. The van der Waals surface area contributed by atoms with Gasteiger partial charge in [0.05, 0.1) is 12.1 Å². The largest absolute Gasteiger partial charge is 0.481 e. The number of fused-ring (bicyclic) bond motifs is 1. The average molecular weight is 297 g/mol. The summed E-state index contributed by atoms with van der Waals surface area (Å²) in [4.78, 5) is 28.2. The molecule has 0 fully saturated rings. The molecule has 0 radical (unpaired) electrons. The number of carbonyl (C=O) groups is 2. The summed E-state index contributed by atoms with van der Waals surface area (Å²) in [5.41, 5.74) is 1.08. The molecular weight excluding hydrogens is 278 g/mol. The van der Waals surface area contributed by atoms with Crippen LogP contribution in [-0.4, -0.2) is 28.1 Å². The normalized spacial score (nSPS) is 14.7. The molecule has 1 unspecified atom stereocenters. The zero-order valence-corrected chi connectivity index (χ0v) is 12.3. The van der Waals surface area contributed by atoms with E-state index in [-0.39, 0.29) is 18.5 Å². The summed E-state index contributed by atoms with van der Waals surface area (Å²) >= 11 is 1.51. The first-order chi connectivity index (χ1) is 9.58. The maximum absolute atomic E-state index is 11.9. The summed E-state index contributed by atoms with van der Waals surface area (Å²) in [7, 11) is 0. The smallest absolute Gasteiger partial charge is 0.321 e. The van der Waals surface area contributed by atoms with Gasteiger partial charge in [0.15, 0.2) is 5.13 Å². The molecule has 1 heterocycles. The van der Waals surface area contributed by atoms with E-state index in [1.807, 2.05) is 6.92 Å². The second-order valence-corrected chi connectivity index (χ2v) is 6.01. The van der Waals surface area contributed by atoms with Gasteiger partial charge in [0.2, 0.25) is 0 Å². The summed E-state index contributed by atoms with van der Waals surface area (Å²) in [6.07, 6.45) is 4.56. The maximum Gasteiger partial charge on any atom is 0.321 e. The van der Waals surface area contributed by atoms with Crippen molar-refractivity contribution in [2.75, 3.05) is 5.32 Å². The summed E-state index contributed by atoms with van der Waals surface area (Å²) in [6, 6.07) is -0.721. The monoisotopic (exact) mass is 297 g/mol. The molecule has 20 heavy (non-hydrogen) atoms. The van der Waals surface area contributed by atoms with Gasteiger partial charge in [-0.2, -0.15) is 0 Å². The predicted octanol–water partition coefficient (Wildman–Crippen LogP) is 2.40. The minimum Gasteiger partial charge on any atom is -0.481 e. The maximum atomic E-state index is 11.9. The van der Waals surface area contributed by atoms with Crippen LogP contribution in [0.2, 0.25) is 0 Å². The van der Waals surface area contributed by atoms with E-state index >= 15 is 0 Å². The van der Waals surface area contributed by atoms with Gasteiger partial charge in [0.25, 0.3) is 0 Å². The Balaban J connectivity index is 1.88. The Morgan fingerprint density at radius 2 is 2.25 bits per heavy atom. The first kappa shape index (κ1) is 14.8. The number of hydrogen-bond acceptors (Lipinski definition) is 4. The molecule has 0 aliphatic heterocycles. The third-order valence-electron chi connectivity index (χ3n) is 3.21. The first-order valence-electron chi connectivity index (χ1n) is 6.86. The van der Waals surface area contributed by atoms with Crippen LogP contribution in [0.4, 0.5) is 9.93 Å². The Labute approximate surface area is 121 Å². The number of nitrogens with one attached hydrogen (secondary N) is 2. The highest BCUT2D eigenvalue weighted by Gasteiger charge is 2.19. The molecule has 1 atom stereocenters. The SMILES string of the molecule is CCCC(CC(=O)O)NC(=O)Nc1nc2c(s1)CCC2. The topological polar surface area (TPSA) is 91.3 Å². The molecule has 6 nitrogen and oxygen atoms in total. The Morgan fingerprint density at radius 1 is 1.45 bits per heavy atom. The Hall–Kier alpha value is -1.63. The molecule has 0 aromatic carbocycles. The number of thiazole rings is 1. The summed E-state index contributed by atoms with van der Waals surface area (Å²) in [6.45, 7) is 1.96. The number of carbonyl (C=O) groups excluding carboxylic acids is 1. The van der Waals surface area contributed by atoms with Crippen LogP contribution < -0.4 is 10.6 Å². The van der Waals surface area contributed by atoms with E-state index in [0.717, 1.165) is 31.4 Å². The molecule has 0 saturated heterocycles. The zero-order chi connectivity index (χ0) is 14.5. The molecular formula is C13H19N3O3S. The quantitative estimate of drug-likeness (QED) is 0.752. The second kappa shape index (κ2) is 6.69. The van der Waals surface area contributed by atoms with Crippen molar-refractivity contribution in [1.82, 2.24) is 10.3 Å². The van der Waals surface area contributed by atoms with Crippen LogP contribution in [0, 0.1) is 0 Å². The van der Waals surface area contributed by atoms with E-state index in [1.54, 1.807) is 0 Å². The van der Waals surface area contributed by atoms with Gasteiger partial charge in [-0.15, -0.1) is 11.3 Å². The van der Waals surface area contributed by atoms with Gasteiger partial charge in [-0.05, 0) is 25.7 Å². The third kappa shape index (κ3) is 3.93. The van der Waals surface area contributed by atoms with Crippen molar-refractivity contribution in [3.8, 4) is 0 Å². The van der Waals surface area contributed by atoms with Gasteiger partial charge in [0.1, 0.15) is 0 Å². The predicted molar refractivity (Wildman–Crippen MR) is 77.2 cm³/mol. The molecule has 0 saturated carbocycles. The molecule has 1 aliphatic carbocycles. The number of nitrogens with zero attached hydrogens (tertiary/aromatic N) is 1. The third-order valence-corrected chi connectivity index (χ3v) is 4.28. The number of carboxylic acid groups (broad SMARTS) is 1. The van der Waals surface area contributed by atoms with Crippen molar-refractivity contribution >= 4 is 28.5 Å². The number of aliphatic carboxylic acids is 1. The number of urea groups is 1. The van der Waals surface area contributed by atoms with Crippen molar-refractivity contribution in [2.45, 2.75) is 51.5 Å². The molecule has 0 spiro atoms. The number of aromatic nitrogens is 1. The fraction of sp³-hybridized carbons (Fsp3) is 0.615. The van der Waals surface area contributed by atoms with E-state index < -0.39 is 5.97 Å². The molecule has 7 heteroatoms. The first-order valence-corrected chi connectivity index (χ1v) is 7.68. The van der Waals surface area contributed by atoms with E-state index in [1.165, 1.54) is 16.2 Å². The molecule has 0 bridgehead atoms. The Kier molecular flexibility index (Phi) is 4.94. The van der Waals surface area contributed by atoms with Gasteiger partial charge in [-0.3, -0.25) is 10.1 Å². The van der Waals surface area contributed by atoms with Gasteiger partial charge in [-0.25, -0.2) is 9.78 Å². The average Bonchev–Trinajstić information content (AvgIpc) is 2.88. The van der Waals surface area contributed by atoms with Crippen LogP contribution >= 0.6 is 11.3 Å². The van der Waals surface area contributed by atoms with E-state index in [4.69, 9.17) is 5.11 Å². The Morgan fingerprint density at radius 3 is 2.90 bits per heavy atom. The van der Waals surface area contributed by atoms with E-state index in [9.17, 15) is 9.59 Å². The summed E-state index contributed by atoms with van der Waals surface area (Å²) in [5, 5.41) is 14.8. The molecule has 1 aromatic rings. The molecule has 2 rings (SSSR count). The summed E-state index contributed by atoms with van der Waals surface area (Å²) in [5.74, 6) is -0.906. The van der Waals surface area contributed by atoms with Crippen LogP contribution in [-0.2, 0) is 17.6 Å². The van der Waals surface area contributed by atoms with Gasteiger partial charge >= 0.3 is 12.0 Å². The van der Waals surface area contributed by atoms with E-state index in [0.29, 0.717) is 11.6 Å². The highest BCUT2D eigenvalue weighted by atomic mass is 32.1. The Bertz CT molecular complexity index is 480. The van der Waals surface area contributed by atoms with Crippen molar-refractivity contribution in [1.29, 1.82) is 0 Å². The lowest BCUT2D eigenvalue weighted by molar-refractivity contribution is -0.137. The fourth-order valence-electron chi connectivity index (χ4n) is 2.35. The van der Waals surface area contributed by atoms with Crippen LogP contribution in [0.3, 0.4) is 0 Å². The highest BCUT2D eigenvalue weighted by molar-refractivity contribution is 7.15. The van der Waals surface area contributed by atoms with Gasteiger partial charge in [-0.1, -0.05) is 13.3 Å². The van der Waals surface area contributed by atoms with Crippen LogP contribution in [0.1, 0.15) is 43.2 Å². The number of rotatable bonds is 6. The number of carboxylic acids is 1. The van der Waals surface area contributed by atoms with Gasteiger partial charge in [0, 0.05) is 10.9 Å². The zero-order valence-electron chi connectivity index (χ0n) is 11.4. The lowest BCUT2D eigenvalue weighted by Gasteiger charge is -2.15. The number of aryl methyl sites for hydroxylation is 2. The standard InChI is InChI=1S/C13H19N3O3S/c1-2-4-8(7-11(17)18)14-12(19)16-13-15-9-5-3-6-10(9)20-13/h8H,2-7H2,1H3,(H,17,18)(H2,14,15,16,19). The lowest BCUT2D eigenvalue weighted by Crippen LogP contribution is -2.39. The lowest BCUT2D eigenvalue weighted by atomic mass is 10.1. The number of hydrogen-bond donors (Lipinski definition) is 3. The van der Waals surface area contributed by atoms with Crippen molar-refractivity contribution in [2.24, 2.45) is 0 Å². The van der Waals surface area contributed by atoms with Crippen LogP contribution in [0.5, 0.6) is 0 Å². The number of anilines is 1. The van der Waals surface area contributed by atoms with Crippen molar-refractivity contribution < 1.29 is 14.7 Å². The van der Waals surface area contributed by atoms with Crippen LogP contribution in [0.25, 0.3) is 0 Å². The summed E-state index contributed by atoms with van der Waals surface area (Å²) < 4.78 is 0. The fourth-order valence-corrected chi connectivity index (χ4v) is 3.39. The van der Waals surface area contributed by atoms with Crippen LogP contribution in [0.15, 0.2) is 0 Å². The molecule has 3 N–H and O–H groups in total. The van der Waals surface area contributed by atoms with E-state index in [2.05, 4.69) is 15.6 Å². The van der Waals surface area contributed by atoms with Crippen molar-refractivity contribution in [3.63, 3.8) is 0 Å². The minimum absolute atomic E-state index is 0.0599. The molecule has 110 valence electrons. The minimum atomic E-state index is -0.906. The molecule has 1 aliphatic rings.